The number of carbonyl (C=O) groups is 1. The molecular formula is C16H15Br2NO2. The third-order valence-corrected chi connectivity index (χ3v) is 3.99. The normalized spacial score (nSPS) is 11.8. The van der Waals surface area contributed by atoms with Crippen LogP contribution in [0.15, 0.2) is 51.4 Å². The molecule has 5 heteroatoms. The Kier molecular flexibility index (Phi) is 5.42. The first-order chi connectivity index (χ1) is 10.0. The minimum Gasteiger partial charge on any atom is -0.496 e. The van der Waals surface area contributed by atoms with E-state index < -0.39 is 0 Å². The van der Waals surface area contributed by atoms with Gasteiger partial charge in [0, 0.05) is 20.1 Å². The fourth-order valence-corrected chi connectivity index (χ4v) is 3.36. The van der Waals surface area contributed by atoms with Crippen molar-refractivity contribution in [2.45, 2.75) is 13.0 Å². The Morgan fingerprint density at radius 2 is 1.76 bits per heavy atom. The molecule has 0 aliphatic heterocycles. The second-order valence-corrected chi connectivity index (χ2v) is 6.43. The fraction of sp³-hybridized carbons (Fsp3) is 0.188. The number of hydrogen-bond acceptors (Lipinski definition) is 2. The number of nitrogens with one attached hydrogen (secondary N) is 1. The predicted octanol–water partition coefficient (Wildman–Crippen LogP) is 4.71. The van der Waals surface area contributed by atoms with Crippen LogP contribution in [-0.4, -0.2) is 13.0 Å². The van der Waals surface area contributed by atoms with Crippen molar-refractivity contribution in [1.82, 2.24) is 5.32 Å². The third-order valence-electron chi connectivity index (χ3n) is 3.08. The number of rotatable bonds is 4. The first-order valence-electron chi connectivity index (χ1n) is 6.41. The second-order valence-electron chi connectivity index (χ2n) is 4.60. The molecule has 3 nitrogen and oxygen atoms in total. The van der Waals surface area contributed by atoms with Gasteiger partial charge in [0.2, 0.25) is 0 Å². The van der Waals surface area contributed by atoms with Crippen LogP contribution >= 0.6 is 31.9 Å². The lowest BCUT2D eigenvalue weighted by Crippen LogP contribution is -2.27. The van der Waals surface area contributed by atoms with E-state index >= 15 is 0 Å². The molecule has 1 N–H and O–H groups in total. The van der Waals surface area contributed by atoms with Crippen molar-refractivity contribution in [2.24, 2.45) is 0 Å². The van der Waals surface area contributed by atoms with Gasteiger partial charge in [-0.1, -0.05) is 50.1 Å². The average molecular weight is 413 g/mol. The molecule has 0 aromatic heterocycles. The van der Waals surface area contributed by atoms with Crippen molar-refractivity contribution in [2.75, 3.05) is 7.11 Å². The molecule has 0 fully saturated rings. The molecule has 110 valence electrons. The number of benzene rings is 2. The van der Waals surface area contributed by atoms with Crippen LogP contribution in [0.4, 0.5) is 0 Å². The molecule has 21 heavy (non-hydrogen) atoms. The van der Waals surface area contributed by atoms with Gasteiger partial charge in [-0.3, -0.25) is 4.79 Å². The molecule has 1 unspecified atom stereocenters. The molecule has 0 radical (unpaired) electrons. The number of hydrogen-bond donors (Lipinski definition) is 1. The minimum absolute atomic E-state index is 0.129. The van der Waals surface area contributed by atoms with E-state index in [1.165, 1.54) is 0 Å². The van der Waals surface area contributed by atoms with Crippen LogP contribution in [0, 0.1) is 0 Å². The Morgan fingerprint density at radius 3 is 2.38 bits per heavy atom. The largest absolute Gasteiger partial charge is 0.496 e. The van der Waals surface area contributed by atoms with Gasteiger partial charge in [-0.05, 0) is 31.2 Å². The Hall–Kier alpha value is -1.33. The lowest BCUT2D eigenvalue weighted by Gasteiger charge is -2.17. The highest BCUT2D eigenvalue weighted by atomic mass is 79.9. The molecule has 0 aliphatic carbocycles. The number of amides is 1. The van der Waals surface area contributed by atoms with Gasteiger partial charge < -0.3 is 10.1 Å². The molecule has 1 atom stereocenters. The molecule has 0 saturated carbocycles. The summed E-state index contributed by atoms with van der Waals surface area (Å²) in [7, 11) is 1.62. The first-order valence-corrected chi connectivity index (χ1v) is 7.99. The third kappa shape index (κ3) is 4.08. The van der Waals surface area contributed by atoms with Crippen LogP contribution in [0.3, 0.4) is 0 Å². The quantitative estimate of drug-likeness (QED) is 0.789. The summed E-state index contributed by atoms with van der Waals surface area (Å²) in [5, 5.41) is 2.98. The van der Waals surface area contributed by atoms with Crippen molar-refractivity contribution in [3.05, 3.63) is 62.5 Å². The van der Waals surface area contributed by atoms with Crippen molar-refractivity contribution in [3.8, 4) is 5.75 Å². The van der Waals surface area contributed by atoms with Crippen molar-refractivity contribution in [3.63, 3.8) is 0 Å². The van der Waals surface area contributed by atoms with Crippen molar-refractivity contribution < 1.29 is 9.53 Å². The maximum absolute atomic E-state index is 12.3. The monoisotopic (exact) mass is 411 g/mol. The lowest BCUT2D eigenvalue weighted by molar-refractivity contribution is 0.0939. The highest BCUT2D eigenvalue weighted by molar-refractivity contribution is 9.11. The number of methoxy groups -OCH3 is 1. The Labute approximate surface area is 141 Å². The van der Waals surface area contributed by atoms with Gasteiger partial charge in [0.15, 0.2) is 0 Å². The van der Waals surface area contributed by atoms with Crippen LogP contribution in [0.1, 0.15) is 28.9 Å². The van der Waals surface area contributed by atoms with Crippen LogP contribution in [0.25, 0.3) is 0 Å². The minimum atomic E-state index is -0.147. The highest BCUT2D eigenvalue weighted by Crippen LogP contribution is 2.25. The molecule has 2 aromatic carbocycles. The van der Waals surface area contributed by atoms with Crippen LogP contribution in [0.5, 0.6) is 5.75 Å². The standard InChI is InChI=1S/C16H15Br2NO2/c1-10(14-5-3-4-6-15(14)21-2)19-16(20)11-7-12(17)9-13(18)8-11/h3-10H,1-2H3,(H,19,20). The zero-order valence-electron chi connectivity index (χ0n) is 11.7. The van der Waals surface area contributed by atoms with Gasteiger partial charge in [-0.2, -0.15) is 0 Å². The number of carbonyl (C=O) groups excluding carboxylic acids is 1. The molecule has 0 bridgehead atoms. The van der Waals surface area contributed by atoms with Crippen LogP contribution in [-0.2, 0) is 0 Å². The summed E-state index contributed by atoms with van der Waals surface area (Å²) in [6.45, 7) is 1.93. The molecule has 2 aromatic rings. The summed E-state index contributed by atoms with van der Waals surface area (Å²) in [4.78, 5) is 12.3. The second kappa shape index (κ2) is 7.09. The first kappa shape index (κ1) is 16.0. The smallest absolute Gasteiger partial charge is 0.251 e. The molecule has 0 aliphatic rings. The summed E-state index contributed by atoms with van der Waals surface area (Å²) < 4.78 is 7.03. The van der Waals surface area contributed by atoms with Crippen molar-refractivity contribution >= 4 is 37.8 Å². The summed E-state index contributed by atoms with van der Waals surface area (Å²) in [6.07, 6.45) is 0. The van der Waals surface area contributed by atoms with E-state index in [9.17, 15) is 4.79 Å². The predicted molar refractivity (Wildman–Crippen MR) is 90.7 cm³/mol. The van der Waals surface area contributed by atoms with Gasteiger partial charge in [0.1, 0.15) is 5.75 Å². The van der Waals surface area contributed by atoms with Gasteiger partial charge in [0.25, 0.3) is 5.91 Å². The Morgan fingerprint density at radius 1 is 1.14 bits per heavy atom. The van der Waals surface area contributed by atoms with Crippen LogP contribution < -0.4 is 10.1 Å². The van der Waals surface area contributed by atoms with Crippen molar-refractivity contribution in [1.29, 1.82) is 0 Å². The zero-order chi connectivity index (χ0) is 15.4. The van der Waals surface area contributed by atoms with E-state index in [0.29, 0.717) is 5.56 Å². The number of halogens is 2. The van der Waals surface area contributed by atoms with Crippen LogP contribution in [0.2, 0.25) is 0 Å². The van der Waals surface area contributed by atoms with E-state index in [1.807, 2.05) is 37.3 Å². The average Bonchev–Trinajstić information content (AvgIpc) is 2.46. The molecule has 2 rings (SSSR count). The Balaban J connectivity index is 2.18. The summed E-state index contributed by atoms with van der Waals surface area (Å²) in [6, 6.07) is 13.0. The lowest BCUT2D eigenvalue weighted by atomic mass is 10.1. The summed E-state index contributed by atoms with van der Waals surface area (Å²) >= 11 is 6.77. The van der Waals surface area contributed by atoms with E-state index in [1.54, 1.807) is 19.2 Å². The highest BCUT2D eigenvalue weighted by Gasteiger charge is 2.15. The van der Waals surface area contributed by atoms with E-state index in [2.05, 4.69) is 37.2 Å². The molecule has 0 spiro atoms. The maximum atomic E-state index is 12.3. The topological polar surface area (TPSA) is 38.3 Å². The number of para-hydroxylation sites is 1. The summed E-state index contributed by atoms with van der Waals surface area (Å²) in [5.41, 5.74) is 1.54. The Bertz CT molecular complexity index is 638. The van der Waals surface area contributed by atoms with E-state index in [4.69, 9.17) is 4.74 Å². The summed E-state index contributed by atoms with van der Waals surface area (Å²) in [5.74, 6) is 0.635. The molecule has 1 amide bonds. The zero-order valence-corrected chi connectivity index (χ0v) is 14.9. The van der Waals surface area contributed by atoms with Gasteiger partial charge in [-0.15, -0.1) is 0 Å². The van der Waals surface area contributed by atoms with Gasteiger partial charge in [-0.25, -0.2) is 0 Å². The van der Waals surface area contributed by atoms with Gasteiger partial charge >= 0.3 is 0 Å². The SMILES string of the molecule is COc1ccccc1C(C)NC(=O)c1cc(Br)cc(Br)c1. The van der Waals surface area contributed by atoms with Gasteiger partial charge in [0.05, 0.1) is 13.2 Å². The van der Waals surface area contributed by atoms with E-state index in [0.717, 1.165) is 20.3 Å². The molecule has 0 saturated heterocycles. The molecular weight excluding hydrogens is 398 g/mol. The number of ether oxygens (including phenoxy) is 1. The van der Waals surface area contributed by atoms with E-state index in [-0.39, 0.29) is 11.9 Å². The fourth-order valence-electron chi connectivity index (χ4n) is 2.07. The molecule has 0 heterocycles. The maximum Gasteiger partial charge on any atom is 0.251 e.